The van der Waals surface area contributed by atoms with Gasteiger partial charge in [0.15, 0.2) is 5.82 Å². The summed E-state index contributed by atoms with van der Waals surface area (Å²) in [5.41, 5.74) is 7.76. The molecule has 0 spiro atoms. The largest absolute Gasteiger partial charge is 0.379 e. The SMILES string of the molecule is CCCOCC(N)c1noc(-c2cncc(C)c2)n1. The Hall–Kier alpha value is -1.79. The minimum Gasteiger partial charge on any atom is -0.379 e. The van der Waals surface area contributed by atoms with E-state index in [0.29, 0.717) is 24.9 Å². The van der Waals surface area contributed by atoms with Gasteiger partial charge in [-0.3, -0.25) is 4.98 Å². The van der Waals surface area contributed by atoms with Gasteiger partial charge in [0.1, 0.15) is 0 Å². The molecule has 0 aliphatic carbocycles. The maximum Gasteiger partial charge on any atom is 0.259 e. The van der Waals surface area contributed by atoms with E-state index in [4.69, 9.17) is 15.0 Å². The lowest BCUT2D eigenvalue weighted by molar-refractivity contribution is 0.119. The van der Waals surface area contributed by atoms with Crippen molar-refractivity contribution < 1.29 is 9.26 Å². The second kappa shape index (κ2) is 6.40. The molecule has 0 fully saturated rings. The Morgan fingerprint density at radius 1 is 1.42 bits per heavy atom. The molecule has 19 heavy (non-hydrogen) atoms. The molecule has 0 bridgehead atoms. The highest BCUT2D eigenvalue weighted by Gasteiger charge is 2.15. The monoisotopic (exact) mass is 262 g/mol. The van der Waals surface area contributed by atoms with Gasteiger partial charge in [0.05, 0.1) is 18.2 Å². The Labute approximate surface area is 112 Å². The van der Waals surface area contributed by atoms with Crippen LogP contribution in [0.4, 0.5) is 0 Å². The van der Waals surface area contributed by atoms with Crippen molar-refractivity contribution in [3.8, 4) is 11.5 Å². The van der Waals surface area contributed by atoms with E-state index >= 15 is 0 Å². The van der Waals surface area contributed by atoms with Crippen LogP contribution >= 0.6 is 0 Å². The van der Waals surface area contributed by atoms with Crippen molar-refractivity contribution >= 4 is 0 Å². The zero-order valence-electron chi connectivity index (χ0n) is 11.2. The van der Waals surface area contributed by atoms with Gasteiger partial charge in [-0.15, -0.1) is 0 Å². The molecular weight excluding hydrogens is 244 g/mol. The van der Waals surface area contributed by atoms with Gasteiger partial charge >= 0.3 is 0 Å². The van der Waals surface area contributed by atoms with Crippen LogP contribution in [0.15, 0.2) is 23.0 Å². The summed E-state index contributed by atoms with van der Waals surface area (Å²) < 4.78 is 10.6. The lowest BCUT2D eigenvalue weighted by atomic mass is 10.2. The Morgan fingerprint density at radius 2 is 2.26 bits per heavy atom. The molecule has 102 valence electrons. The molecule has 2 heterocycles. The minimum atomic E-state index is -0.373. The zero-order valence-corrected chi connectivity index (χ0v) is 11.2. The maximum atomic E-state index is 5.93. The van der Waals surface area contributed by atoms with E-state index in [2.05, 4.69) is 15.1 Å². The molecule has 0 radical (unpaired) electrons. The maximum absolute atomic E-state index is 5.93. The molecule has 0 aliphatic rings. The topological polar surface area (TPSA) is 87.1 Å². The molecule has 6 nitrogen and oxygen atoms in total. The van der Waals surface area contributed by atoms with E-state index in [9.17, 15) is 0 Å². The van der Waals surface area contributed by atoms with E-state index in [1.807, 2.05) is 19.9 Å². The first kappa shape index (κ1) is 13.6. The summed E-state index contributed by atoms with van der Waals surface area (Å²) in [6.45, 7) is 5.07. The average Bonchev–Trinajstić information content (AvgIpc) is 2.88. The number of nitrogens with two attached hydrogens (primary N) is 1. The third kappa shape index (κ3) is 3.59. The molecule has 1 unspecified atom stereocenters. The molecule has 2 rings (SSSR count). The molecule has 0 aromatic carbocycles. The number of aromatic nitrogens is 3. The minimum absolute atomic E-state index is 0.373. The van der Waals surface area contributed by atoms with E-state index in [1.165, 1.54) is 0 Å². The van der Waals surface area contributed by atoms with Crippen LogP contribution in [0.25, 0.3) is 11.5 Å². The second-order valence-corrected chi connectivity index (χ2v) is 4.39. The number of nitrogens with zero attached hydrogens (tertiary/aromatic N) is 3. The van der Waals surface area contributed by atoms with Crippen molar-refractivity contribution in [1.82, 2.24) is 15.1 Å². The van der Waals surface area contributed by atoms with Gasteiger partial charge in [0, 0.05) is 19.0 Å². The van der Waals surface area contributed by atoms with Crippen LogP contribution in [0.1, 0.15) is 30.8 Å². The predicted molar refractivity (Wildman–Crippen MR) is 70.3 cm³/mol. The first-order chi connectivity index (χ1) is 9.20. The van der Waals surface area contributed by atoms with Crippen LogP contribution in [-0.4, -0.2) is 28.3 Å². The van der Waals surface area contributed by atoms with Gasteiger partial charge < -0.3 is 15.0 Å². The quantitative estimate of drug-likeness (QED) is 0.799. The van der Waals surface area contributed by atoms with E-state index in [-0.39, 0.29) is 6.04 Å². The fourth-order valence-electron chi connectivity index (χ4n) is 1.60. The van der Waals surface area contributed by atoms with Crippen LogP contribution in [0, 0.1) is 6.92 Å². The summed E-state index contributed by atoms with van der Waals surface area (Å²) in [5, 5.41) is 3.88. The Bertz CT molecular complexity index is 527. The highest BCUT2D eigenvalue weighted by Crippen LogP contribution is 2.18. The number of aryl methyl sites for hydroxylation is 1. The summed E-state index contributed by atoms with van der Waals surface area (Å²) in [4.78, 5) is 8.37. The smallest absolute Gasteiger partial charge is 0.259 e. The number of rotatable bonds is 6. The number of ether oxygens (including phenoxy) is 1. The molecule has 2 N–H and O–H groups in total. The fourth-order valence-corrected chi connectivity index (χ4v) is 1.60. The molecule has 2 aromatic rings. The van der Waals surface area contributed by atoms with Gasteiger partial charge in [-0.05, 0) is 25.0 Å². The molecule has 6 heteroatoms. The van der Waals surface area contributed by atoms with Crippen LogP contribution in [0.3, 0.4) is 0 Å². The van der Waals surface area contributed by atoms with Crippen molar-refractivity contribution in [2.75, 3.05) is 13.2 Å². The lowest BCUT2D eigenvalue weighted by Crippen LogP contribution is -2.18. The molecule has 0 saturated heterocycles. The summed E-state index contributed by atoms with van der Waals surface area (Å²) in [6, 6.07) is 1.56. The predicted octanol–water partition coefficient (Wildman–Crippen LogP) is 1.87. The Morgan fingerprint density at radius 3 is 3.00 bits per heavy atom. The number of pyridine rings is 1. The van der Waals surface area contributed by atoms with Gasteiger partial charge in [0.2, 0.25) is 0 Å². The molecule has 1 atom stereocenters. The summed E-state index contributed by atoms with van der Waals surface area (Å²) in [5.74, 6) is 0.879. The Kier molecular flexibility index (Phi) is 4.59. The second-order valence-electron chi connectivity index (χ2n) is 4.39. The molecule has 0 saturated carbocycles. The van der Waals surface area contributed by atoms with E-state index < -0.39 is 0 Å². The summed E-state index contributed by atoms with van der Waals surface area (Å²) in [6.07, 6.45) is 4.41. The third-order valence-corrected chi connectivity index (χ3v) is 2.54. The fraction of sp³-hybridized carbons (Fsp3) is 0.462. The van der Waals surface area contributed by atoms with Crippen molar-refractivity contribution in [3.05, 3.63) is 29.8 Å². The average molecular weight is 262 g/mol. The van der Waals surface area contributed by atoms with Gasteiger partial charge in [-0.2, -0.15) is 4.98 Å². The van der Waals surface area contributed by atoms with Crippen molar-refractivity contribution in [1.29, 1.82) is 0 Å². The highest BCUT2D eigenvalue weighted by atomic mass is 16.5. The summed E-state index contributed by atoms with van der Waals surface area (Å²) >= 11 is 0. The molecule has 0 aliphatic heterocycles. The lowest BCUT2D eigenvalue weighted by Gasteiger charge is -2.06. The van der Waals surface area contributed by atoms with E-state index in [1.54, 1.807) is 12.4 Å². The molecule has 2 aromatic heterocycles. The standard InChI is InChI=1S/C13H18N4O2/c1-3-4-18-8-11(14)12-16-13(19-17-12)10-5-9(2)6-15-7-10/h5-7,11H,3-4,8,14H2,1-2H3. The van der Waals surface area contributed by atoms with Crippen molar-refractivity contribution in [2.24, 2.45) is 5.73 Å². The van der Waals surface area contributed by atoms with Crippen molar-refractivity contribution in [2.45, 2.75) is 26.3 Å². The summed E-state index contributed by atoms with van der Waals surface area (Å²) in [7, 11) is 0. The molecular formula is C13H18N4O2. The highest BCUT2D eigenvalue weighted by molar-refractivity contribution is 5.51. The number of hydrogen-bond donors (Lipinski definition) is 1. The van der Waals surface area contributed by atoms with Crippen LogP contribution in [-0.2, 0) is 4.74 Å². The van der Waals surface area contributed by atoms with Gasteiger partial charge in [0.25, 0.3) is 5.89 Å². The van der Waals surface area contributed by atoms with Gasteiger partial charge in [-0.25, -0.2) is 0 Å². The Balaban J connectivity index is 2.06. The van der Waals surface area contributed by atoms with Crippen molar-refractivity contribution in [3.63, 3.8) is 0 Å². The van der Waals surface area contributed by atoms with E-state index in [0.717, 1.165) is 17.5 Å². The van der Waals surface area contributed by atoms with Crippen LogP contribution in [0.5, 0.6) is 0 Å². The third-order valence-electron chi connectivity index (χ3n) is 2.54. The first-order valence-electron chi connectivity index (χ1n) is 6.29. The zero-order chi connectivity index (χ0) is 13.7. The number of hydrogen-bond acceptors (Lipinski definition) is 6. The molecule has 0 amide bonds. The van der Waals surface area contributed by atoms with Crippen LogP contribution < -0.4 is 5.73 Å². The normalized spacial score (nSPS) is 12.6. The van der Waals surface area contributed by atoms with Gasteiger partial charge in [-0.1, -0.05) is 12.1 Å². The van der Waals surface area contributed by atoms with Crippen LogP contribution in [0.2, 0.25) is 0 Å². The first-order valence-corrected chi connectivity index (χ1v) is 6.29.